The molecule has 1 aromatic heterocycles. The van der Waals surface area contributed by atoms with Crippen LogP contribution in [0.5, 0.6) is 0 Å². The lowest BCUT2D eigenvalue weighted by Crippen LogP contribution is -2.06. The van der Waals surface area contributed by atoms with Crippen LogP contribution in [-0.2, 0) is 10.5 Å². The van der Waals surface area contributed by atoms with Gasteiger partial charge in [0.15, 0.2) is 0 Å². The lowest BCUT2D eigenvalue weighted by molar-refractivity contribution is 0.0596. The number of hydrogen-bond acceptors (Lipinski definition) is 4. The molecule has 23 heavy (non-hydrogen) atoms. The van der Waals surface area contributed by atoms with Gasteiger partial charge in [-0.15, -0.1) is 11.8 Å². The zero-order chi connectivity index (χ0) is 16.2. The van der Waals surface area contributed by atoms with Crippen molar-refractivity contribution in [3.05, 3.63) is 70.7 Å². The van der Waals surface area contributed by atoms with Crippen LogP contribution in [0.3, 0.4) is 0 Å². The summed E-state index contributed by atoms with van der Waals surface area (Å²) in [5.41, 5.74) is 2.24. The zero-order valence-corrected chi connectivity index (χ0v) is 14.0. The summed E-state index contributed by atoms with van der Waals surface area (Å²) in [6.45, 7) is 0. The van der Waals surface area contributed by atoms with Crippen LogP contribution >= 0.6 is 23.4 Å². The fourth-order valence-corrected chi connectivity index (χ4v) is 3.63. The lowest BCUT2D eigenvalue weighted by Gasteiger charge is -2.11. The van der Waals surface area contributed by atoms with Crippen molar-refractivity contribution in [3.8, 4) is 0 Å². The Morgan fingerprint density at radius 2 is 1.83 bits per heavy atom. The van der Waals surface area contributed by atoms with Crippen LogP contribution in [0.4, 0.5) is 0 Å². The van der Waals surface area contributed by atoms with Gasteiger partial charge in [-0.1, -0.05) is 60.1 Å². The monoisotopic (exact) mass is 343 g/mol. The Bertz CT molecular complexity index is 852. The molecule has 0 aliphatic carbocycles. The van der Waals surface area contributed by atoms with Gasteiger partial charge in [-0.25, -0.2) is 9.78 Å². The summed E-state index contributed by atoms with van der Waals surface area (Å²) in [5, 5.41) is 1.72. The van der Waals surface area contributed by atoms with E-state index in [1.807, 2.05) is 54.6 Å². The number of rotatable bonds is 4. The molecule has 0 fully saturated rings. The van der Waals surface area contributed by atoms with Crippen LogP contribution in [-0.4, -0.2) is 18.1 Å². The van der Waals surface area contributed by atoms with E-state index in [0.29, 0.717) is 21.4 Å². The molecule has 0 atom stereocenters. The number of pyridine rings is 1. The SMILES string of the molecule is COC(=O)c1c(SCc2ccccc2)nc2ccccc2c1Cl. The molecule has 0 spiro atoms. The van der Waals surface area contributed by atoms with E-state index in [0.717, 1.165) is 16.5 Å². The number of benzene rings is 2. The van der Waals surface area contributed by atoms with Gasteiger partial charge in [0.05, 0.1) is 17.6 Å². The second kappa shape index (κ2) is 7.02. The van der Waals surface area contributed by atoms with Crippen molar-refractivity contribution >= 4 is 40.2 Å². The van der Waals surface area contributed by atoms with Gasteiger partial charge >= 0.3 is 5.97 Å². The van der Waals surface area contributed by atoms with Gasteiger partial charge in [0, 0.05) is 11.1 Å². The first-order valence-corrected chi connectivity index (χ1v) is 8.40. The average Bonchev–Trinajstić information content (AvgIpc) is 2.60. The predicted octanol–water partition coefficient (Wildman–Crippen LogP) is 4.97. The maximum Gasteiger partial charge on any atom is 0.342 e. The van der Waals surface area contributed by atoms with Crippen LogP contribution in [0.1, 0.15) is 15.9 Å². The highest BCUT2D eigenvalue weighted by Gasteiger charge is 2.21. The van der Waals surface area contributed by atoms with E-state index in [9.17, 15) is 4.79 Å². The Labute approximate surface area is 143 Å². The summed E-state index contributed by atoms with van der Waals surface area (Å²) >= 11 is 7.92. The lowest BCUT2D eigenvalue weighted by atomic mass is 10.1. The van der Waals surface area contributed by atoms with Crippen molar-refractivity contribution in [2.45, 2.75) is 10.8 Å². The second-order valence-corrected chi connectivity index (χ2v) is 6.23. The molecule has 0 N–H and O–H groups in total. The first kappa shape index (κ1) is 15.8. The minimum absolute atomic E-state index is 0.328. The number of carbonyl (C=O) groups excluding carboxylic acids is 1. The van der Waals surface area contributed by atoms with E-state index < -0.39 is 5.97 Å². The predicted molar refractivity (Wildman–Crippen MR) is 94.1 cm³/mol. The average molecular weight is 344 g/mol. The van der Waals surface area contributed by atoms with E-state index in [1.54, 1.807) is 0 Å². The van der Waals surface area contributed by atoms with Crippen molar-refractivity contribution in [2.75, 3.05) is 7.11 Å². The summed E-state index contributed by atoms with van der Waals surface area (Å²) in [7, 11) is 1.35. The normalized spacial score (nSPS) is 10.7. The molecule has 3 rings (SSSR count). The van der Waals surface area contributed by atoms with Crippen molar-refractivity contribution in [2.24, 2.45) is 0 Å². The molecule has 0 aliphatic rings. The number of para-hydroxylation sites is 1. The summed E-state index contributed by atoms with van der Waals surface area (Å²) < 4.78 is 4.88. The number of esters is 1. The third kappa shape index (κ3) is 3.33. The van der Waals surface area contributed by atoms with E-state index in [4.69, 9.17) is 16.3 Å². The molecule has 116 valence electrons. The molecular weight excluding hydrogens is 330 g/mol. The van der Waals surface area contributed by atoms with Crippen LogP contribution in [0, 0.1) is 0 Å². The number of methoxy groups -OCH3 is 1. The van der Waals surface area contributed by atoms with E-state index >= 15 is 0 Å². The number of hydrogen-bond donors (Lipinski definition) is 0. The highest BCUT2D eigenvalue weighted by atomic mass is 35.5. The molecule has 5 heteroatoms. The van der Waals surface area contributed by atoms with Crippen molar-refractivity contribution in [1.29, 1.82) is 0 Å². The molecule has 1 heterocycles. The fourth-order valence-electron chi connectivity index (χ4n) is 2.26. The van der Waals surface area contributed by atoms with Gasteiger partial charge in [-0.3, -0.25) is 0 Å². The van der Waals surface area contributed by atoms with E-state index in [2.05, 4.69) is 4.98 Å². The highest BCUT2D eigenvalue weighted by molar-refractivity contribution is 7.98. The third-order valence-corrected chi connectivity index (χ3v) is 4.84. The van der Waals surface area contributed by atoms with Crippen molar-refractivity contribution in [3.63, 3.8) is 0 Å². The fraction of sp³-hybridized carbons (Fsp3) is 0.111. The van der Waals surface area contributed by atoms with Gasteiger partial charge < -0.3 is 4.74 Å². The zero-order valence-electron chi connectivity index (χ0n) is 12.5. The van der Waals surface area contributed by atoms with E-state index in [1.165, 1.54) is 18.9 Å². The number of carbonyl (C=O) groups is 1. The standard InChI is InChI=1S/C18H14ClNO2S/c1-22-18(21)15-16(19)13-9-5-6-10-14(13)20-17(15)23-11-12-7-3-2-4-8-12/h2-10H,11H2,1H3. The minimum atomic E-state index is -0.469. The maximum absolute atomic E-state index is 12.2. The third-order valence-electron chi connectivity index (χ3n) is 3.40. The molecule has 3 aromatic rings. The topological polar surface area (TPSA) is 39.2 Å². The maximum atomic E-state index is 12.2. The largest absolute Gasteiger partial charge is 0.465 e. The summed E-state index contributed by atoms with van der Waals surface area (Å²) in [4.78, 5) is 16.7. The first-order valence-electron chi connectivity index (χ1n) is 7.04. The van der Waals surface area contributed by atoms with Crippen LogP contribution in [0.25, 0.3) is 10.9 Å². The number of nitrogens with zero attached hydrogens (tertiary/aromatic N) is 1. The van der Waals surface area contributed by atoms with Crippen LogP contribution < -0.4 is 0 Å². The molecule has 0 unspecified atom stereocenters. The van der Waals surface area contributed by atoms with Crippen molar-refractivity contribution in [1.82, 2.24) is 4.98 Å². The number of aromatic nitrogens is 1. The number of ether oxygens (including phenoxy) is 1. The second-order valence-electron chi connectivity index (χ2n) is 4.89. The number of halogens is 1. The van der Waals surface area contributed by atoms with Gasteiger partial charge in [0.25, 0.3) is 0 Å². The molecule has 2 aromatic carbocycles. The molecular formula is C18H14ClNO2S. The molecule has 0 bridgehead atoms. The van der Waals surface area contributed by atoms with Gasteiger partial charge in [-0.2, -0.15) is 0 Å². The van der Waals surface area contributed by atoms with Crippen LogP contribution in [0.2, 0.25) is 5.02 Å². The summed E-state index contributed by atoms with van der Waals surface area (Å²) in [5.74, 6) is 0.232. The Kier molecular flexibility index (Phi) is 4.84. The minimum Gasteiger partial charge on any atom is -0.465 e. The highest BCUT2D eigenvalue weighted by Crippen LogP contribution is 2.34. The molecule has 0 radical (unpaired) electrons. The van der Waals surface area contributed by atoms with Gasteiger partial charge in [0.1, 0.15) is 10.6 Å². The van der Waals surface area contributed by atoms with E-state index in [-0.39, 0.29) is 0 Å². The molecule has 3 nitrogen and oxygen atoms in total. The first-order chi connectivity index (χ1) is 11.2. The quantitative estimate of drug-likeness (QED) is 0.495. The number of thioether (sulfide) groups is 1. The Balaban J connectivity index is 2.05. The van der Waals surface area contributed by atoms with Gasteiger partial charge in [0.2, 0.25) is 0 Å². The number of fused-ring (bicyclic) bond motifs is 1. The summed E-state index contributed by atoms with van der Waals surface area (Å²) in [6, 6.07) is 17.5. The smallest absolute Gasteiger partial charge is 0.342 e. The van der Waals surface area contributed by atoms with Crippen molar-refractivity contribution < 1.29 is 9.53 Å². The molecule has 0 saturated carbocycles. The van der Waals surface area contributed by atoms with Crippen LogP contribution in [0.15, 0.2) is 59.6 Å². The Morgan fingerprint density at radius 3 is 2.57 bits per heavy atom. The van der Waals surface area contributed by atoms with Gasteiger partial charge in [-0.05, 0) is 11.6 Å². The molecule has 0 aliphatic heterocycles. The molecule has 0 amide bonds. The summed E-state index contributed by atoms with van der Waals surface area (Å²) in [6.07, 6.45) is 0. The Morgan fingerprint density at radius 1 is 1.13 bits per heavy atom. The Hall–Kier alpha value is -2.04. The molecule has 0 saturated heterocycles.